The third-order valence-corrected chi connectivity index (χ3v) is 4.24. The van der Waals surface area contributed by atoms with Crippen LogP contribution in [0.3, 0.4) is 0 Å². The van der Waals surface area contributed by atoms with Gasteiger partial charge in [0.05, 0.1) is 0 Å². The summed E-state index contributed by atoms with van der Waals surface area (Å²) in [6.45, 7) is 2.92. The van der Waals surface area contributed by atoms with E-state index in [0.717, 1.165) is 25.7 Å². The smallest absolute Gasteiger partial charge is 0.0459 e. The molecule has 1 unspecified atom stereocenters. The van der Waals surface area contributed by atoms with Crippen LogP contribution in [0.5, 0.6) is 0 Å². The van der Waals surface area contributed by atoms with Gasteiger partial charge in [0.15, 0.2) is 0 Å². The van der Waals surface area contributed by atoms with Crippen molar-refractivity contribution in [3.8, 4) is 0 Å². The molecule has 0 spiro atoms. The van der Waals surface area contributed by atoms with Crippen LogP contribution in [-0.2, 0) is 0 Å². The monoisotopic (exact) mass is 286 g/mol. The van der Waals surface area contributed by atoms with Crippen LogP contribution in [0, 0.1) is 5.92 Å². The zero-order valence-corrected chi connectivity index (χ0v) is 13.8. The third-order valence-electron chi connectivity index (χ3n) is 4.24. The van der Waals surface area contributed by atoms with Crippen LogP contribution in [-0.4, -0.2) is 23.4 Å². The van der Waals surface area contributed by atoms with Gasteiger partial charge in [-0.15, -0.1) is 0 Å². The highest BCUT2D eigenvalue weighted by Crippen LogP contribution is 2.18. The Morgan fingerprint density at radius 1 is 0.600 bits per heavy atom. The zero-order valence-electron chi connectivity index (χ0n) is 13.8. The molecule has 122 valence electrons. The lowest BCUT2D eigenvalue weighted by atomic mass is 9.95. The van der Waals surface area contributed by atoms with E-state index < -0.39 is 0 Å². The molecule has 20 heavy (non-hydrogen) atoms. The zero-order chi connectivity index (χ0) is 14.9. The maximum atomic E-state index is 9.36. The van der Waals surface area contributed by atoms with Gasteiger partial charge < -0.3 is 10.2 Å². The van der Waals surface area contributed by atoms with Gasteiger partial charge in [0, 0.05) is 13.2 Å². The van der Waals surface area contributed by atoms with Crippen molar-refractivity contribution < 1.29 is 10.2 Å². The largest absolute Gasteiger partial charge is 0.396 e. The Labute approximate surface area is 127 Å². The van der Waals surface area contributed by atoms with E-state index in [-0.39, 0.29) is 0 Å². The second-order valence-corrected chi connectivity index (χ2v) is 6.24. The Morgan fingerprint density at radius 2 is 1.05 bits per heavy atom. The summed E-state index contributed by atoms with van der Waals surface area (Å²) in [5.41, 5.74) is 0. The van der Waals surface area contributed by atoms with Crippen molar-refractivity contribution in [1.29, 1.82) is 0 Å². The molecule has 0 amide bonds. The first-order valence-electron chi connectivity index (χ1n) is 9.06. The van der Waals surface area contributed by atoms with Crippen molar-refractivity contribution in [3.05, 3.63) is 0 Å². The van der Waals surface area contributed by atoms with E-state index in [2.05, 4.69) is 6.92 Å². The first-order valence-corrected chi connectivity index (χ1v) is 9.06. The van der Waals surface area contributed by atoms with Crippen molar-refractivity contribution in [3.63, 3.8) is 0 Å². The number of unbranched alkanes of at least 4 members (excludes halogenated alkanes) is 10. The molecule has 0 aromatic heterocycles. The Kier molecular flexibility index (Phi) is 16.9. The molecule has 0 rings (SSSR count). The fourth-order valence-electron chi connectivity index (χ4n) is 2.79. The van der Waals surface area contributed by atoms with Gasteiger partial charge in [-0.25, -0.2) is 0 Å². The maximum absolute atomic E-state index is 9.36. The van der Waals surface area contributed by atoms with E-state index in [1.807, 2.05) is 0 Å². The molecule has 0 fully saturated rings. The first-order chi connectivity index (χ1) is 9.85. The molecule has 0 aliphatic heterocycles. The minimum absolute atomic E-state index is 0.308. The van der Waals surface area contributed by atoms with Gasteiger partial charge in [0.25, 0.3) is 0 Å². The van der Waals surface area contributed by atoms with Crippen LogP contribution in [0.2, 0.25) is 0 Å². The van der Waals surface area contributed by atoms with Crippen LogP contribution in [0.4, 0.5) is 0 Å². The fraction of sp³-hybridized carbons (Fsp3) is 1.00. The lowest BCUT2D eigenvalue weighted by Crippen LogP contribution is -2.06. The Bertz CT molecular complexity index is 171. The van der Waals surface area contributed by atoms with E-state index in [0.29, 0.717) is 19.1 Å². The standard InChI is InChI=1S/C18H38O2/c1-2-3-4-5-6-7-8-9-11-14-18(17-20)15-12-10-13-16-19/h18-20H,2-17H2,1H3. The predicted molar refractivity (Wildman–Crippen MR) is 88.0 cm³/mol. The average molecular weight is 286 g/mol. The number of hydrogen-bond donors (Lipinski definition) is 2. The van der Waals surface area contributed by atoms with Crippen LogP contribution in [0.15, 0.2) is 0 Å². The van der Waals surface area contributed by atoms with Gasteiger partial charge in [0.1, 0.15) is 0 Å². The molecule has 0 radical (unpaired) electrons. The Morgan fingerprint density at radius 3 is 1.50 bits per heavy atom. The lowest BCUT2D eigenvalue weighted by Gasteiger charge is -2.13. The van der Waals surface area contributed by atoms with E-state index in [9.17, 15) is 5.11 Å². The molecule has 2 N–H and O–H groups in total. The first kappa shape index (κ1) is 19.9. The SMILES string of the molecule is CCCCCCCCCCCC(CO)CCCCCO. The molecule has 2 heteroatoms. The van der Waals surface area contributed by atoms with E-state index in [1.54, 1.807) is 0 Å². The summed E-state index contributed by atoms with van der Waals surface area (Å²) in [7, 11) is 0. The molecule has 0 aliphatic rings. The molecule has 0 saturated heterocycles. The van der Waals surface area contributed by atoms with Gasteiger partial charge >= 0.3 is 0 Å². The molecular formula is C18H38O2. The normalized spacial score (nSPS) is 12.8. The van der Waals surface area contributed by atoms with Crippen molar-refractivity contribution in [2.75, 3.05) is 13.2 Å². The average Bonchev–Trinajstić information content (AvgIpc) is 2.47. The summed E-state index contributed by atoms with van der Waals surface area (Å²) in [5.74, 6) is 0.498. The van der Waals surface area contributed by atoms with Crippen molar-refractivity contribution in [2.45, 2.75) is 96.8 Å². The quantitative estimate of drug-likeness (QED) is 0.389. The van der Waals surface area contributed by atoms with Gasteiger partial charge in [-0.2, -0.15) is 0 Å². The summed E-state index contributed by atoms with van der Waals surface area (Å²) >= 11 is 0. The summed E-state index contributed by atoms with van der Waals surface area (Å²) in [6.07, 6.45) is 17.8. The highest BCUT2D eigenvalue weighted by Gasteiger charge is 2.06. The molecule has 1 atom stereocenters. The van der Waals surface area contributed by atoms with Gasteiger partial charge in [-0.05, 0) is 25.2 Å². The maximum Gasteiger partial charge on any atom is 0.0459 e. The number of aliphatic hydroxyl groups excluding tert-OH is 2. The van der Waals surface area contributed by atoms with Crippen LogP contribution in [0.25, 0.3) is 0 Å². The summed E-state index contributed by atoms with van der Waals surface area (Å²) < 4.78 is 0. The Hall–Kier alpha value is -0.0800. The third kappa shape index (κ3) is 14.3. The van der Waals surface area contributed by atoms with Gasteiger partial charge in [-0.3, -0.25) is 0 Å². The fourth-order valence-corrected chi connectivity index (χ4v) is 2.79. The van der Waals surface area contributed by atoms with Crippen molar-refractivity contribution in [2.24, 2.45) is 5.92 Å². The number of aliphatic hydroxyl groups is 2. The molecule has 0 heterocycles. The van der Waals surface area contributed by atoms with Crippen molar-refractivity contribution >= 4 is 0 Å². The second-order valence-electron chi connectivity index (χ2n) is 6.24. The predicted octanol–water partition coefficient (Wildman–Crippen LogP) is 5.07. The van der Waals surface area contributed by atoms with Crippen molar-refractivity contribution in [1.82, 2.24) is 0 Å². The molecule has 0 bridgehead atoms. The van der Waals surface area contributed by atoms with Gasteiger partial charge in [-0.1, -0.05) is 77.6 Å². The minimum Gasteiger partial charge on any atom is -0.396 e. The van der Waals surface area contributed by atoms with E-state index >= 15 is 0 Å². The topological polar surface area (TPSA) is 40.5 Å². The highest BCUT2D eigenvalue weighted by molar-refractivity contribution is 4.59. The summed E-state index contributed by atoms with van der Waals surface area (Å²) in [6, 6.07) is 0. The minimum atomic E-state index is 0.308. The lowest BCUT2D eigenvalue weighted by molar-refractivity contribution is 0.202. The summed E-state index contributed by atoms with van der Waals surface area (Å²) in [4.78, 5) is 0. The van der Waals surface area contributed by atoms with Crippen LogP contribution >= 0.6 is 0 Å². The van der Waals surface area contributed by atoms with E-state index in [1.165, 1.54) is 64.2 Å². The number of hydrogen-bond acceptors (Lipinski definition) is 2. The molecule has 0 aromatic carbocycles. The molecule has 0 aliphatic carbocycles. The molecule has 0 saturated carbocycles. The highest BCUT2D eigenvalue weighted by atomic mass is 16.3. The molecular weight excluding hydrogens is 248 g/mol. The number of rotatable bonds is 16. The van der Waals surface area contributed by atoms with Crippen LogP contribution in [0.1, 0.15) is 96.8 Å². The summed E-state index contributed by atoms with van der Waals surface area (Å²) in [5, 5.41) is 18.1. The second kappa shape index (κ2) is 17.0. The van der Waals surface area contributed by atoms with Crippen LogP contribution < -0.4 is 0 Å². The van der Waals surface area contributed by atoms with Gasteiger partial charge in [0.2, 0.25) is 0 Å². The molecule has 0 aromatic rings. The Balaban J connectivity index is 3.24. The van der Waals surface area contributed by atoms with E-state index in [4.69, 9.17) is 5.11 Å². The molecule has 2 nitrogen and oxygen atoms in total.